The van der Waals surface area contributed by atoms with Gasteiger partial charge in [0.1, 0.15) is 5.92 Å². The molecule has 0 heterocycles. The summed E-state index contributed by atoms with van der Waals surface area (Å²) in [4.78, 5) is 12.7. The molecule has 2 aromatic rings. The lowest BCUT2D eigenvalue weighted by Gasteiger charge is -2.13. The third kappa shape index (κ3) is 2.62. The van der Waals surface area contributed by atoms with Gasteiger partial charge in [-0.25, -0.2) is 0 Å². The lowest BCUT2D eigenvalue weighted by atomic mass is 9.87. The van der Waals surface area contributed by atoms with Gasteiger partial charge >= 0.3 is 0 Å². The predicted molar refractivity (Wildman–Crippen MR) is 79.8 cm³/mol. The molecule has 0 saturated carbocycles. The zero-order chi connectivity index (χ0) is 14.7. The van der Waals surface area contributed by atoms with Crippen LogP contribution in [0.15, 0.2) is 42.5 Å². The molecule has 2 nitrogen and oxygen atoms in total. The van der Waals surface area contributed by atoms with Gasteiger partial charge in [-0.2, -0.15) is 5.26 Å². The summed E-state index contributed by atoms with van der Waals surface area (Å²) < 4.78 is 0. The Morgan fingerprint density at radius 2 is 1.55 bits per heavy atom. The van der Waals surface area contributed by atoms with Crippen LogP contribution in [0.1, 0.15) is 38.5 Å². The maximum Gasteiger partial charge on any atom is 0.184 e. The van der Waals surface area contributed by atoms with Crippen molar-refractivity contribution in [2.45, 2.75) is 26.7 Å². The topological polar surface area (TPSA) is 40.9 Å². The second kappa shape index (κ2) is 5.71. The van der Waals surface area contributed by atoms with E-state index >= 15 is 0 Å². The Labute approximate surface area is 119 Å². The van der Waals surface area contributed by atoms with Crippen LogP contribution < -0.4 is 0 Å². The Morgan fingerprint density at radius 3 is 2.05 bits per heavy atom. The molecule has 0 N–H and O–H groups in total. The molecule has 0 bridgehead atoms. The molecule has 0 spiro atoms. The highest BCUT2D eigenvalue weighted by Crippen LogP contribution is 2.24. The van der Waals surface area contributed by atoms with Gasteiger partial charge in [0.05, 0.1) is 6.07 Å². The van der Waals surface area contributed by atoms with Crippen LogP contribution in [-0.2, 0) is 0 Å². The summed E-state index contributed by atoms with van der Waals surface area (Å²) in [6.45, 7) is 5.80. The summed E-state index contributed by atoms with van der Waals surface area (Å²) in [5.41, 5.74) is 4.38. The zero-order valence-electron chi connectivity index (χ0n) is 12.0. The second-order valence-electron chi connectivity index (χ2n) is 5.10. The normalized spacial score (nSPS) is 11.7. The molecular weight excluding hydrogens is 246 g/mol. The fourth-order valence-electron chi connectivity index (χ4n) is 2.39. The van der Waals surface area contributed by atoms with Gasteiger partial charge in [-0.3, -0.25) is 4.79 Å². The van der Waals surface area contributed by atoms with E-state index in [2.05, 4.69) is 6.07 Å². The summed E-state index contributed by atoms with van der Waals surface area (Å²) in [7, 11) is 0. The van der Waals surface area contributed by atoms with E-state index in [0.717, 1.165) is 22.3 Å². The van der Waals surface area contributed by atoms with Crippen molar-refractivity contribution >= 4 is 5.78 Å². The maximum absolute atomic E-state index is 12.7. The van der Waals surface area contributed by atoms with Gasteiger partial charge in [-0.05, 0) is 37.5 Å². The first kappa shape index (κ1) is 14.0. The van der Waals surface area contributed by atoms with Crippen LogP contribution in [0.5, 0.6) is 0 Å². The lowest BCUT2D eigenvalue weighted by molar-refractivity contribution is 0.0977. The minimum absolute atomic E-state index is 0.119. The molecule has 0 amide bonds. The number of nitriles is 1. The second-order valence-corrected chi connectivity index (χ2v) is 5.10. The molecule has 1 atom stereocenters. The van der Waals surface area contributed by atoms with Crippen molar-refractivity contribution < 1.29 is 4.79 Å². The number of ketones is 1. The number of carbonyl (C=O) groups is 1. The summed E-state index contributed by atoms with van der Waals surface area (Å²) in [5, 5.41) is 9.39. The average molecular weight is 263 g/mol. The van der Waals surface area contributed by atoms with Crippen molar-refractivity contribution in [3.05, 3.63) is 70.3 Å². The molecule has 2 heteroatoms. The van der Waals surface area contributed by atoms with E-state index in [4.69, 9.17) is 0 Å². The van der Waals surface area contributed by atoms with Crippen molar-refractivity contribution in [3.63, 3.8) is 0 Å². The summed E-state index contributed by atoms with van der Waals surface area (Å²) in [6, 6.07) is 15.4. The highest BCUT2D eigenvalue weighted by molar-refractivity contribution is 6.04. The number of rotatable bonds is 3. The first-order chi connectivity index (χ1) is 9.54. The number of benzene rings is 2. The fraction of sp³-hybridized carbons (Fsp3) is 0.222. The van der Waals surface area contributed by atoms with E-state index in [-0.39, 0.29) is 5.78 Å². The Balaban J connectivity index is 2.45. The van der Waals surface area contributed by atoms with Crippen molar-refractivity contribution in [2.75, 3.05) is 0 Å². The Morgan fingerprint density at radius 1 is 1.00 bits per heavy atom. The summed E-state index contributed by atoms with van der Waals surface area (Å²) >= 11 is 0. The van der Waals surface area contributed by atoms with Crippen LogP contribution in [0.2, 0.25) is 0 Å². The maximum atomic E-state index is 12.7. The van der Waals surface area contributed by atoms with E-state index in [1.165, 1.54) is 0 Å². The number of aryl methyl sites for hydroxylation is 3. The first-order valence-corrected chi connectivity index (χ1v) is 6.61. The third-order valence-corrected chi connectivity index (χ3v) is 3.53. The molecule has 20 heavy (non-hydrogen) atoms. The number of carbonyl (C=O) groups excluding carboxylic acids is 1. The van der Waals surface area contributed by atoms with Crippen molar-refractivity contribution in [1.29, 1.82) is 5.26 Å². The number of hydrogen-bond donors (Lipinski definition) is 0. The number of Topliss-reactive ketones (excluding diaryl/α,β-unsaturated/α-hetero) is 1. The fourth-order valence-corrected chi connectivity index (χ4v) is 2.39. The van der Waals surface area contributed by atoms with E-state index in [0.29, 0.717) is 5.56 Å². The number of nitrogens with zero attached hydrogens (tertiary/aromatic N) is 1. The molecule has 0 aliphatic carbocycles. The smallest absolute Gasteiger partial charge is 0.184 e. The van der Waals surface area contributed by atoms with Crippen LogP contribution in [0.4, 0.5) is 0 Å². The average Bonchev–Trinajstić information content (AvgIpc) is 2.41. The van der Waals surface area contributed by atoms with Gasteiger partial charge in [-0.15, -0.1) is 0 Å². The SMILES string of the molecule is Cc1ccc(C(C#N)C(=O)c2c(C)cccc2C)cc1. The van der Waals surface area contributed by atoms with Crippen LogP contribution >= 0.6 is 0 Å². The minimum atomic E-state index is -0.740. The summed E-state index contributed by atoms with van der Waals surface area (Å²) in [6.07, 6.45) is 0. The van der Waals surface area contributed by atoms with E-state index in [9.17, 15) is 10.1 Å². The Bertz CT molecular complexity index is 657. The van der Waals surface area contributed by atoms with Crippen LogP contribution in [0.25, 0.3) is 0 Å². The van der Waals surface area contributed by atoms with Crippen LogP contribution in [-0.4, -0.2) is 5.78 Å². The molecule has 0 aromatic heterocycles. The molecule has 100 valence electrons. The Hall–Kier alpha value is -2.40. The molecule has 0 fully saturated rings. The van der Waals surface area contributed by atoms with Gasteiger partial charge in [0.25, 0.3) is 0 Å². The van der Waals surface area contributed by atoms with Gasteiger partial charge < -0.3 is 0 Å². The third-order valence-electron chi connectivity index (χ3n) is 3.53. The molecule has 0 aliphatic rings. The van der Waals surface area contributed by atoms with E-state index in [1.54, 1.807) is 0 Å². The van der Waals surface area contributed by atoms with Crippen LogP contribution in [0, 0.1) is 32.1 Å². The number of hydrogen-bond acceptors (Lipinski definition) is 2. The van der Waals surface area contributed by atoms with E-state index in [1.807, 2.05) is 63.2 Å². The lowest BCUT2D eigenvalue weighted by Crippen LogP contribution is -2.14. The minimum Gasteiger partial charge on any atom is -0.292 e. The zero-order valence-corrected chi connectivity index (χ0v) is 12.0. The van der Waals surface area contributed by atoms with Crippen LogP contribution in [0.3, 0.4) is 0 Å². The summed E-state index contributed by atoms with van der Waals surface area (Å²) in [5.74, 6) is -0.859. The molecule has 2 rings (SSSR count). The first-order valence-electron chi connectivity index (χ1n) is 6.61. The Kier molecular flexibility index (Phi) is 4.00. The monoisotopic (exact) mass is 263 g/mol. The van der Waals surface area contributed by atoms with Gasteiger partial charge in [-0.1, -0.05) is 48.0 Å². The highest BCUT2D eigenvalue weighted by atomic mass is 16.1. The predicted octanol–water partition coefficient (Wildman–Crippen LogP) is 4.10. The van der Waals surface area contributed by atoms with Crippen molar-refractivity contribution in [1.82, 2.24) is 0 Å². The molecule has 0 saturated heterocycles. The van der Waals surface area contributed by atoms with Gasteiger partial charge in [0.2, 0.25) is 0 Å². The van der Waals surface area contributed by atoms with Gasteiger partial charge in [0, 0.05) is 5.56 Å². The standard InChI is InChI=1S/C18H17NO/c1-12-7-9-15(10-8-12)16(11-19)18(20)17-13(2)5-4-6-14(17)3/h4-10,16H,1-3H3. The largest absolute Gasteiger partial charge is 0.292 e. The van der Waals surface area contributed by atoms with Gasteiger partial charge in [0.15, 0.2) is 5.78 Å². The van der Waals surface area contributed by atoms with Crippen molar-refractivity contribution in [2.24, 2.45) is 0 Å². The highest BCUT2D eigenvalue weighted by Gasteiger charge is 2.24. The molecule has 2 aromatic carbocycles. The quantitative estimate of drug-likeness (QED) is 0.782. The molecule has 0 radical (unpaired) electrons. The van der Waals surface area contributed by atoms with Crippen molar-refractivity contribution in [3.8, 4) is 6.07 Å². The molecular formula is C18H17NO. The van der Waals surface area contributed by atoms with E-state index < -0.39 is 5.92 Å². The molecule has 0 aliphatic heterocycles. The molecule has 1 unspecified atom stereocenters.